The zero-order valence-electron chi connectivity index (χ0n) is 15.7. The number of halogens is 1. The highest BCUT2D eigenvalue weighted by Crippen LogP contribution is 2.37. The first-order valence-electron chi connectivity index (χ1n) is 9.46. The van der Waals surface area contributed by atoms with Crippen molar-refractivity contribution in [3.8, 4) is 11.1 Å². The summed E-state index contributed by atoms with van der Waals surface area (Å²) < 4.78 is 16.7. The number of anilines is 1. The summed E-state index contributed by atoms with van der Waals surface area (Å²) in [5, 5.41) is 10.7. The van der Waals surface area contributed by atoms with Crippen molar-refractivity contribution in [2.75, 3.05) is 5.32 Å². The Hall–Kier alpha value is -3.22. The highest BCUT2D eigenvalue weighted by molar-refractivity contribution is 5.97. The van der Waals surface area contributed by atoms with Gasteiger partial charge in [0.05, 0.1) is 17.9 Å². The molecule has 3 heterocycles. The molecule has 142 valence electrons. The van der Waals surface area contributed by atoms with Gasteiger partial charge in [0.1, 0.15) is 11.5 Å². The molecular formula is C21H20FN5O. The van der Waals surface area contributed by atoms with Gasteiger partial charge in [0.15, 0.2) is 5.82 Å². The van der Waals surface area contributed by atoms with E-state index in [2.05, 4.69) is 20.5 Å². The van der Waals surface area contributed by atoms with Crippen LogP contribution in [0.3, 0.4) is 0 Å². The molecule has 1 saturated carbocycles. The molecule has 0 unspecified atom stereocenters. The van der Waals surface area contributed by atoms with Crippen LogP contribution in [0.4, 0.5) is 10.2 Å². The van der Waals surface area contributed by atoms with Crippen molar-refractivity contribution in [3.63, 3.8) is 0 Å². The van der Waals surface area contributed by atoms with Crippen LogP contribution in [-0.4, -0.2) is 25.5 Å². The third-order valence-electron chi connectivity index (χ3n) is 5.25. The van der Waals surface area contributed by atoms with Gasteiger partial charge in [0.25, 0.3) is 0 Å². The Morgan fingerprint density at radius 3 is 2.89 bits per heavy atom. The van der Waals surface area contributed by atoms with Gasteiger partial charge in [-0.05, 0) is 48.1 Å². The van der Waals surface area contributed by atoms with E-state index < -0.39 is 0 Å². The third kappa shape index (κ3) is 2.74. The van der Waals surface area contributed by atoms with Crippen molar-refractivity contribution in [2.45, 2.75) is 32.6 Å². The lowest BCUT2D eigenvalue weighted by Crippen LogP contribution is -2.13. The van der Waals surface area contributed by atoms with E-state index in [9.17, 15) is 9.18 Å². The van der Waals surface area contributed by atoms with E-state index in [1.807, 2.05) is 36.6 Å². The number of benzene rings is 1. The summed E-state index contributed by atoms with van der Waals surface area (Å²) >= 11 is 0. The zero-order valence-corrected chi connectivity index (χ0v) is 15.7. The summed E-state index contributed by atoms with van der Waals surface area (Å²) in [5.41, 5.74) is 3.76. The average molecular weight is 377 g/mol. The fraction of sp³-hybridized carbons (Fsp3) is 0.286. The number of hydrogen-bond acceptors (Lipinski definition) is 3. The van der Waals surface area contributed by atoms with Gasteiger partial charge in [-0.25, -0.2) is 9.37 Å². The van der Waals surface area contributed by atoms with E-state index in [0.29, 0.717) is 16.9 Å². The molecule has 0 saturated heterocycles. The summed E-state index contributed by atoms with van der Waals surface area (Å²) in [4.78, 5) is 16.5. The van der Waals surface area contributed by atoms with Crippen molar-refractivity contribution in [2.24, 2.45) is 5.92 Å². The Kier molecular flexibility index (Phi) is 3.72. The van der Waals surface area contributed by atoms with Crippen LogP contribution in [0.2, 0.25) is 0 Å². The molecule has 5 rings (SSSR count). The topological polar surface area (TPSA) is 75.1 Å². The van der Waals surface area contributed by atoms with Crippen molar-refractivity contribution >= 4 is 28.3 Å². The third-order valence-corrected chi connectivity index (χ3v) is 5.25. The molecule has 1 amide bonds. The predicted octanol–water partition coefficient (Wildman–Crippen LogP) is 4.49. The molecule has 6 nitrogen and oxygen atoms in total. The second kappa shape index (κ2) is 6.15. The van der Waals surface area contributed by atoms with Crippen LogP contribution in [0, 0.1) is 11.7 Å². The molecular weight excluding hydrogens is 357 g/mol. The van der Waals surface area contributed by atoms with E-state index in [1.165, 1.54) is 6.07 Å². The van der Waals surface area contributed by atoms with Gasteiger partial charge in [-0.15, -0.1) is 0 Å². The number of H-pyrrole nitrogens is 1. The summed E-state index contributed by atoms with van der Waals surface area (Å²) in [5.74, 6) is 0.448. The van der Waals surface area contributed by atoms with Crippen LogP contribution in [0.25, 0.3) is 27.7 Å². The van der Waals surface area contributed by atoms with Gasteiger partial charge < -0.3 is 9.72 Å². The first kappa shape index (κ1) is 16.9. The maximum absolute atomic E-state index is 14.8. The maximum Gasteiger partial charge on any atom is 0.228 e. The number of rotatable bonds is 4. The number of pyridine rings is 1. The lowest BCUT2D eigenvalue weighted by molar-refractivity contribution is -0.117. The van der Waals surface area contributed by atoms with Gasteiger partial charge in [0, 0.05) is 23.1 Å². The highest BCUT2D eigenvalue weighted by Gasteiger charge is 2.30. The lowest BCUT2D eigenvalue weighted by atomic mass is 9.90. The number of carbonyl (C=O) groups is 1. The number of nitrogens with zero attached hydrogens (tertiary/aromatic N) is 3. The SMILES string of the molecule is CC(C)c1c(F)cc2[nH]ncc2c1-c1ccc2nc(NC(=O)C3CC3)cn2c1. The molecule has 0 aliphatic heterocycles. The average Bonchev–Trinajstić information content (AvgIpc) is 3.28. The van der Waals surface area contributed by atoms with Gasteiger partial charge >= 0.3 is 0 Å². The zero-order chi connectivity index (χ0) is 19.4. The monoisotopic (exact) mass is 377 g/mol. The molecule has 0 bridgehead atoms. The molecule has 7 heteroatoms. The Morgan fingerprint density at radius 2 is 2.14 bits per heavy atom. The van der Waals surface area contributed by atoms with Crippen LogP contribution in [-0.2, 0) is 4.79 Å². The standard InChI is InChI=1S/C21H20FN5O/c1-11(2)19-15(22)7-16-14(8-23-26-16)20(19)13-5-6-18-24-17(10-27(18)9-13)25-21(28)12-3-4-12/h5-12H,3-4H2,1-2H3,(H,23,26)(H,25,28). The number of imidazole rings is 1. The van der Waals surface area contributed by atoms with Crippen LogP contribution in [0.15, 0.2) is 36.8 Å². The molecule has 1 aromatic carbocycles. The first-order chi connectivity index (χ1) is 13.5. The summed E-state index contributed by atoms with van der Waals surface area (Å²) in [6.07, 6.45) is 7.33. The number of aromatic nitrogens is 4. The Morgan fingerprint density at radius 1 is 1.32 bits per heavy atom. The van der Waals surface area contributed by atoms with Crippen molar-refractivity contribution in [1.82, 2.24) is 19.6 Å². The molecule has 1 aliphatic rings. The van der Waals surface area contributed by atoms with E-state index in [4.69, 9.17) is 0 Å². The molecule has 28 heavy (non-hydrogen) atoms. The molecule has 4 aromatic rings. The number of aromatic amines is 1. The largest absolute Gasteiger partial charge is 0.309 e. The number of hydrogen-bond donors (Lipinski definition) is 2. The van der Waals surface area contributed by atoms with Crippen LogP contribution >= 0.6 is 0 Å². The Bertz CT molecular complexity index is 1220. The van der Waals surface area contributed by atoms with Gasteiger partial charge in [0.2, 0.25) is 5.91 Å². The summed E-state index contributed by atoms with van der Waals surface area (Å²) in [7, 11) is 0. The Labute approximate surface area is 160 Å². The van der Waals surface area contributed by atoms with Gasteiger partial charge in [-0.3, -0.25) is 9.89 Å². The van der Waals surface area contributed by atoms with Crippen LogP contribution in [0.1, 0.15) is 38.2 Å². The Balaban J connectivity index is 1.64. The van der Waals surface area contributed by atoms with Gasteiger partial charge in [-0.2, -0.15) is 5.10 Å². The van der Waals surface area contributed by atoms with Crippen molar-refractivity contribution < 1.29 is 9.18 Å². The molecule has 0 atom stereocenters. The normalized spacial score (nSPS) is 14.3. The molecule has 0 spiro atoms. The van der Waals surface area contributed by atoms with E-state index in [-0.39, 0.29) is 23.6 Å². The lowest BCUT2D eigenvalue weighted by Gasteiger charge is -2.15. The smallest absolute Gasteiger partial charge is 0.228 e. The maximum atomic E-state index is 14.8. The minimum Gasteiger partial charge on any atom is -0.309 e. The van der Waals surface area contributed by atoms with Crippen molar-refractivity contribution in [1.29, 1.82) is 0 Å². The van der Waals surface area contributed by atoms with Crippen molar-refractivity contribution in [3.05, 3.63) is 48.2 Å². The predicted molar refractivity (Wildman–Crippen MR) is 106 cm³/mol. The minimum absolute atomic E-state index is 0.0150. The quantitative estimate of drug-likeness (QED) is 0.550. The minimum atomic E-state index is -0.245. The van der Waals surface area contributed by atoms with E-state index in [1.54, 1.807) is 12.4 Å². The molecule has 1 fully saturated rings. The van der Waals surface area contributed by atoms with Crippen LogP contribution in [0.5, 0.6) is 0 Å². The second-order valence-electron chi connectivity index (χ2n) is 7.71. The first-order valence-corrected chi connectivity index (χ1v) is 9.46. The summed E-state index contributed by atoms with van der Waals surface area (Å²) in [6.45, 7) is 3.96. The van der Waals surface area contributed by atoms with Crippen LogP contribution < -0.4 is 5.32 Å². The number of fused-ring (bicyclic) bond motifs is 2. The number of carbonyl (C=O) groups excluding carboxylic acids is 1. The molecule has 2 N–H and O–H groups in total. The summed E-state index contributed by atoms with van der Waals surface area (Å²) in [6, 6.07) is 5.31. The van der Waals surface area contributed by atoms with E-state index in [0.717, 1.165) is 35.0 Å². The molecule has 0 radical (unpaired) electrons. The molecule has 3 aromatic heterocycles. The highest BCUT2D eigenvalue weighted by atomic mass is 19.1. The molecule has 1 aliphatic carbocycles. The number of amides is 1. The fourth-order valence-electron chi connectivity index (χ4n) is 3.72. The second-order valence-corrected chi connectivity index (χ2v) is 7.71. The van der Waals surface area contributed by atoms with Gasteiger partial charge in [-0.1, -0.05) is 13.8 Å². The fourth-order valence-corrected chi connectivity index (χ4v) is 3.72. The number of nitrogens with one attached hydrogen (secondary N) is 2. The van der Waals surface area contributed by atoms with E-state index >= 15 is 0 Å².